The van der Waals surface area contributed by atoms with Crippen LogP contribution in [0.25, 0.3) is 0 Å². The fourth-order valence-electron chi connectivity index (χ4n) is 3.89. The van der Waals surface area contributed by atoms with Gasteiger partial charge in [0.05, 0.1) is 0 Å². The molecule has 4 nitrogen and oxygen atoms in total. The van der Waals surface area contributed by atoms with Crippen molar-refractivity contribution in [2.24, 2.45) is 0 Å². The van der Waals surface area contributed by atoms with Crippen LogP contribution >= 0.6 is 0 Å². The predicted octanol–water partition coefficient (Wildman–Crippen LogP) is 3.74. The number of aryl methyl sites for hydroxylation is 2. The summed E-state index contributed by atoms with van der Waals surface area (Å²) in [4.78, 5) is 16.4. The molecule has 1 amide bonds. The Kier molecular flexibility index (Phi) is 5.51. The number of benzene rings is 1. The summed E-state index contributed by atoms with van der Waals surface area (Å²) >= 11 is 0. The Bertz CT molecular complexity index is 719. The minimum atomic E-state index is -0.248. The van der Waals surface area contributed by atoms with Crippen LogP contribution < -0.4 is 5.32 Å². The third-order valence-electron chi connectivity index (χ3n) is 5.36. The lowest BCUT2D eigenvalue weighted by Crippen LogP contribution is -2.39. The van der Waals surface area contributed by atoms with Crippen LogP contribution in [-0.2, 0) is 16.8 Å². The number of hydrogen-bond acceptors (Lipinski definition) is 2. The van der Waals surface area contributed by atoms with E-state index in [0.717, 1.165) is 50.0 Å². The second-order valence-electron chi connectivity index (χ2n) is 7.02. The van der Waals surface area contributed by atoms with Crippen molar-refractivity contribution in [3.8, 4) is 0 Å². The number of amides is 1. The van der Waals surface area contributed by atoms with E-state index >= 15 is 0 Å². The molecule has 1 fully saturated rings. The molecule has 0 atom stereocenters. The highest BCUT2D eigenvalue weighted by Crippen LogP contribution is 2.41. The lowest BCUT2D eigenvalue weighted by molar-refractivity contribution is -0.121. The van der Waals surface area contributed by atoms with Gasteiger partial charge in [0, 0.05) is 37.3 Å². The van der Waals surface area contributed by atoms with Crippen molar-refractivity contribution >= 4 is 5.91 Å². The van der Waals surface area contributed by atoms with E-state index in [2.05, 4.69) is 10.3 Å². The molecule has 1 aromatic carbocycles. The number of nitrogens with one attached hydrogen (secondary N) is 1. The molecule has 0 unspecified atom stereocenters. The Morgan fingerprint density at radius 2 is 2.08 bits per heavy atom. The van der Waals surface area contributed by atoms with Crippen LogP contribution in [0.5, 0.6) is 0 Å². The summed E-state index contributed by atoms with van der Waals surface area (Å²) in [5.41, 5.74) is 0.504. The molecule has 1 saturated carbocycles. The Balaban J connectivity index is 1.54. The quantitative estimate of drug-likeness (QED) is 0.832. The summed E-state index contributed by atoms with van der Waals surface area (Å²) in [6.07, 6.45) is 8.99. The maximum absolute atomic E-state index is 14.3. The monoisotopic (exact) mass is 343 g/mol. The van der Waals surface area contributed by atoms with Crippen molar-refractivity contribution in [1.29, 1.82) is 0 Å². The van der Waals surface area contributed by atoms with E-state index in [1.807, 2.05) is 29.8 Å². The van der Waals surface area contributed by atoms with Crippen LogP contribution in [0.1, 0.15) is 49.9 Å². The summed E-state index contributed by atoms with van der Waals surface area (Å²) < 4.78 is 16.3. The van der Waals surface area contributed by atoms with Gasteiger partial charge >= 0.3 is 0 Å². The lowest BCUT2D eigenvalue weighted by atomic mass is 9.78. The molecule has 25 heavy (non-hydrogen) atoms. The Morgan fingerprint density at radius 3 is 2.76 bits per heavy atom. The Hall–Kier alpha value is -2.17. The highest BCUT2D eigenvalue weighted by Gasteiger charge is 2.37. The van der Waals surface area contributed by atoms with Gasteiger partial charge in [0.15, 0.2) is 0 Å². The number of aromatic nitrogens is 2. The molecule has 134 valence electrons. The normalized spacial score (nSPS) is 16.1. The van der Waals surface area contributed by atoms with Gasteiger partial charge in [-0.15, -0.1) is 0 Å². The molecule has 0 aliphatic heterocycles. The minimum absolute atomic E-state index is 0.0420. The van der Waals surface area contributed by atoms with Crippen LogP contribution in [0, 0.1) is 12.7 Å². The first kappa shape index (κ1) is 17.6. The molecule has 5 heteroatoms. The highest BCUT2D eigenvalue weighted by molar-refractivity contribution is 5.76. The fourth-order valence-corrected chi connectivity index (χ4v) is 3.89. The van der Waals surface area contributed by atoms with Gasteiger partial charge in [0.25, 0.3) is 0 Å². The zero-order chi connectivity index (χ0) is 17.7. The summed E-state index contributed by atoms with van der Waals surface area (Å²) in [6.45, 7) is 3.27. The van der Waals surface area contributed by atoms with E-state index in [-0.39, 0.29) is 17.1 Å². The van der Waals surface area contributed by atoms with Crippen LogP contribution in [-0.4, -0.2) is 22.0 Å². The lowest BCUT2D eigenvalue weighted by Gasteiger charge is -2.30. The molecule has 2 aromatic rings. The summed E-state index contributed by atoms with van der Waals surface area (Å²) in [5, 5.41) is 3.06. The number of rotatable bonds is 7. The largest absolute Gasteiger partial charge is 0.355 e. The molecule has 0 spiro atoms. The summed E-state index contributed by atoms with van der Waals surface area (Å²) in [6, 6.07) is 6.99. The molecular formula is C20H26FN3O. The van der Waals surface area contributed by atoms with Gasteiger partial charge in [-0.2, -0.15) is 0 Å². The number of imidazole rings is 1. The minimum Gasteiger partial charge on any atom is -0.355 e. The molecule has 3 rings (SSSR count). The molecule has 1 aromatic heterocycles. The van der Waals surface area contributed by atoms with Crippen molar-refractivity contribution < 1.29 is 9.18 Å². The second kappa shape index (κ2) is 7.81. The smallest absolute Gasteiger partial charge is 0.220 e. The van der Waals surface area contributed by atoms with Gasteiger partial charge in [-0.05, 0) is 37.8 Å². The van der Waals surface area contributed by atoms with Crippen molar-refractivity contribution in [3.05, 3.63) is 53.9 Å². The molecule has 1 N–H and O–H groups in total. The molecule has 1 aliphatic rings. The van der Waals surface area contributed by atoms with Crippen molar-refractivity contribution in [3.63, 3.8) is 0 Å². The number of carbonyl (C=O) groups is 1. The topological polar surface area (TPSA) is 46.9 Å². The van der Waals surface area contributed by atoms with E-state index in [4.69, 9.17) is 0 Å². The first-order valence-corrected chi connectivity index (χ1v) is 9.10. The van der Waals surface area contributed by atoms with Gasteiger partial charge in [-0.1, -0.05) is 31.0 Å². The zero-order valence-corrected chi connectivity index (χ0v) is 14.8. The fraction of sp³-hybridized carbons (Fsp3) is 0.500. The van der Waals surface area contributed by atoms with Gasteiger partial charge in [0.2, 0.25) is 5.91 Å². The number of hydrogen-bond donors (Lipinski definition) is 1. The standard InChI is InChI=1S/C20H26FN3O/c1-16-22-12-14-24(16)13-6-9-19(25)23-15-20(10-4-5-11-20)17-7-2-3-8-18(17)21/h2-3,7-8,12,14H,4-6,9-11,13,15H2,1H3,(H,23,25). The number of nitrogens with zero attached hydrogens (tertiary/aromatic N) is 2. The summed E-state index contributed by atoms with van der Waals surface area (Å²) in [7, 11) is 0. The van der Waals surface area contributed by atoms with Crippen molar-refractivity contribution in [2.75, 3.05) is 6.54 Å². The first-order chi connectivity index (χ1) is 12.1. The zero-order valence-electron chi connectivity index (χ0n) is 14.8. The number of halogens is 1. The maximum atomic E-state index is 14.3. The van der Waals surface area contributed by atoms with E-state index in [1.165, 1.54) is 6.07 Å². The average Bonchev–Trinajstić information content (AvgIpc) is 3.24. The van der Waals surface area contributed by atoms with Crippen molar-refractivity contribution in [2.45, 2.75) is 57.4 Å². The third-order valence-corrected chi connectivity index (χ3v) is 5.36. The van der Waals surface area contributed by atoms with E-state index < -0.39 is 0 Å². The molecular weight excluding hydrogens is 317 g/mol. The van der Waals surface area contributed by atoms with Crippen LogP contribution in [0.2, 0.25) is 0 Å². The Labute approximate surface area is 148 Å². The SMILES string of the molecule is Cc1nccn1CCCC(=O)NCC1(c2ccccc2F)CCCC1. The van der Waals surface area contributed by atoms with Crippen molar-refractivity contribution in [1.82, 2.24) is 14.9 Å². The van der Waals surface area contributed by atoms with Crippen LogP contribution in [0.15, 0.2) is 36.7 Å². The summed E-state index contributed by atoms with van der Waals surface area (Å²) in [5.74, 6) is 0.847. The average molecular weight is 343 g/mol. The molecule has 0 radical (unpaired) electrons. The van der Waals surface area contributed by atoms with E-state index in [0.29, 0.717) is 13.0 Å². The molecule has 1 aliphatic carbocycles. The predicted molar refractivity (Wildman–Crippen MR) is 95.8 cm³/mol. The highest BCUT2D eigenvalue weighted by atomic mass is 19.1. The van der Waals surface area contributed by atoms with Gasteiger partial charge in [-0.3, -0.25) is 4.79 Å². The number of carbonyl (C=O) groups excluding carboxylic acids is 1. The maximum Gasteiger partial charge on any atom is 0.220 e. The molecule has 0 saturated heterocycles. The van der Waals surface area contributed by atoms with E-state index in [1.54, 1.807) is 12.3 Å². The van der Waals surface area contributed by atoms with Crippen LogP contribution in [0.4, 0.5) is 4.39 Å². The second-order valence-corrected chi connectivity index (χ2v) is 7.02. The van der Waals surface area contributed by atoms with Gasteiger partial charge in [0.1, 0.15) is 11.6 Å². The van der Waals surface area contributed by atoms with Crippen LogP contribution in [0.3, 0.4) is 0 Å². The third kappa shape index (κ3) is 4.09. The van der Waals surface area contributed by atoms with E-state index in [9.17, 15) is 9.18 Å². The molecule has 0 bridgehead atoms. The Morgan fingerprint density at radius 1 is 1.32 bits per heavy atom. The first-order valence-electron chi connectivity index (χ1n) is 9.10. The van der Waals surface area contributed by atoms with Gasteiger partial charge in [-0.25, -0.2) is 9.37 Å². The van der Waals surface area contributed by atoms with Gasteiger partial charge < -0.3 is 9.88 Å². The molecule has 1 heterocycles.